The molecular weight excluding hydrogens is 464 g/mol. The second-order valence-corrected chi connectivity index (χ2v) is 11.0. The highest BCUT2D eigenvalue weighted by molar-refractivity contribution is 7.91. The van der Waals surface area contributed by atoms with Gasteiger partial charge in [-0.3, -0.25) is 0 Å². The van der Waals surface area contributed by atoms with Gasteiger partial charge in [0.05, 0.1) is 19.6 Å². The molecule has 0 spiro atoms. The van der Waals surface area contributed by atoms with Crippen molar-refractivity contribution in [3.05, 3.63) is 97.1 Å². The molecule has 0 aromatic heterocycles. The molecule has 0 heterocycles. The summed E-state index contributed by atoms with van der Waals surface area (Å²) in [7, 11) is -7.81. The van der Waals surface area contributed by atoms with Crippen LogP contribution in [0.2, 0.25) is 0 Å². The topological polar surface area (TPSA) is 118 Å². The zero-order chi connectivity index (χ0) is 23.6. The molecule has 4 aromatic rings. The van der Waals surface area contributed by atoms with Crippen molar-refractivity contribution < 1.29 is 31.8 Å². The van der Waals surface area contributed by atoms with Crippen molar-refractivity contribution in [1.29, 1.82) is 0 Å². The molecule has 0 bridgehead atoms. The van der Waals surface area contributed by atoms with Gasteiger partial charge in [-0.2, -0.15) is 0 Å². The smallest absolute Gasteiger partial charge is 0.206 e. The van der Waals surface area contributed by atoms with Gasteiger partial charge < -0.3 is 14.9 Å². The van der Waals surface area contributed by atoms with Crippen LogP contribution in [0.4, 0.5) is 0 Å². The zero-order valence-corrected chi connectivity index (χ0v) is 18.6. The van der Waals surface area contributed by atoms with Crippen LogP contribution >= 0.6 is 0 Å². The molecule has 0 amide bonds. The van der Waals surface area contributed by atoms with Crippen LogP contribution in [0.25, 0.3) is 0 Å². The van der Waals surface area contributed by atoms with Crippen molar-refractivity contribution in [3.63, 3.8) is 0 Å². The van der Waals surface area contributed by atoms with Crippen LogP contribution in [-0.4, -0.2) is 27.0 Å². The number of benzene rings is 4. The van der Waals surface area contributed by atoms with Crippen molar-refractivity contribution in [3.8, 4) is 23.0 Å². The monoisotopic (exact) mass is 482 g/mol. The lowest BCUT2D eigenvalue weighted by Crippen LogP contribution is -2.03. The fourth-order valence-electron chi connectivity index (χ4n) is 3.12. The highest BCUT2D eigenvalue weighted by Crippen LogP contribution is 2.31. The molecule has 7 nitrogen and oxygen atoms in total. The Balaban J connectivity index is 1.65. The van der Waals surface area contributed by atoms with E-state index >= 15 is 0 Å². The Morgan fingerprint density at radius 3 is 1.18 bits per heavy atom. The van der Waals surface area contributed by atoms with E-state index in [1.165, 1.54) is 84.9 Å². The second-order valence-electron chi connectivity index (χ2n) is 7.05. The lowest BCUT2D eigenvalue weighted by molar-refractivity contribution is 0.472. The maximum Gasteiger partial charge on any atom is 0.206 e. The average molecular weight is 483 g/mol. The van der Waals surface area contributed by atoms with E-state index in [1.807, 2.05) is 0 Å². The van der Waals surface area contributed by atoms with Crippen molar-refractivity contribution in [2.24, 2.45) is 0 Å². The summed E-state index contributed by atoms with van der Waals surface area (Å²) in [6, 6.07) is 22.2. The number of ether oxygens (including phenoxy) is 1. The molecule has 9 heteroatoms. The summed E-state index contributed by atoms with van der Waals surface area (Å²) in [6.07, 6.45) is 0. The predicted molar refractivity (Wildman–Crippen MR) is 120 cm³/mol. The minimum absolute atomic E-state index is 0.0471. The van der Waals surface area contributed by atoms with E-state index in [1.54, 1.807) is 0 Å². The SMILES string of the molecule is O=S(=O)(c1cccc(O)c1)c1cccc(Oc2cccc(S(=O)(=O)c3cccc(O)c3)c2)c1. The fraction of sp³-hybridized carbons (Fsp3) is 0. The first-order valence-corrected chi connectivity index (χ1v) is 12.6. The van der Waals surface area contributed by atoms with Gasteiger partial charge in [-0.1, -0.05) is 24.3 Å². The average Bonchev–Trinajstić information content (AvgIpc) is 2.79. The fourth-order valence-corrected chi connectivity index (χ4v) is 5.79. The summed E-state index contributed by atoms with van der Waals surface area (Å²) in [5.41, 5.74) is 0. The van der Waals surface area contributed by atoms with Gasteiger partial charge in [0.2, 0.25) is 19.7 Å². The van der Waals surface area contributed by atoms with Crippen molar-refractivity contribution in [2.75, 3.05) is 0 Å². The molecule has 0 radical (unpaired) electrons. The molecule has 0 aliphatic carbocycles. The van der Waals surface area contributed by atoms with E-state index in [0.717, 1.165) is 12.1 Å². The molecule has 0 fully saturated rings. The molecule has 2 N–H and O–H groups in total. The molecule has 0 saturated heterocycles. The Kier molecular flexibility index (Phi) is 5.84. The molecular formula is C24H18O7S2. The molecule has 4 aromatic carbocycles. The largest absolute Gasteiger partial charge is 0.508 e. The molecule has 168 valence electrons. The van der Waals surface area contributed by atoms with E-state index in [-0.39, 0.29) is 42.6 Å². The van der Waals surface area contributed by atoms with Gasteiger partial charge in [0.15, 0.2) is 0 Å². The quantitative estimate of drug-likeness (QED) is 0.414. The number of aromatic hydroxyl groups is 2. The molecule has 0 unspecified atom stereocenters. The van der Waals surface area contributed by atoms with Gasteiger partial charge in [-0.05, 0) is 72.8 Å². The maximum atomic E-state index is 12.9. The lowest BCUT2D eigenvalue weighted by Gasteiger charge is -2.11. The first-order chi connectivity index (χ1) is 15.7. The second kappa shape index (κ2) is 8.61. The Morgan fingerprint density at radius 2 is 0.818 bits per heavy atom. The number of rotatable bonds is 6. The summed E-state index contributed by atoms with van der Waals surface area (Å²) in [6.45, 7) is 0. The van der Waals surface area contributed by atoms with Crippen molar-refractivity contribution >= 4 is 19.7 Å². The lowest BCUT2D eigenvalue weighted by atomic mass is 10.3. The Bertz CT molecular complexity index is 1430. The summed E-state index contributed by atoms with van der Waals surface area (Å²) in [5, 5.41) is 19.2. The highest BCUT2D eigenvalue weighted by Gasteiger charge is 2.20. The molecule has 4 rings (SSSR count). The Labute approximate surface area is 191 Å². The molecule has 33 heavy (non-hydrogen) atoms. The predicted octanol–water partition coefficient (Wildman–Crippen LogP) is 4.56. The van der Waals surface area contributed by atoms with Crippen LogP contribution in [0, 0.1) is 0 Å². The first-order valence-electron chi connectivity index (χ1n) is 9.62. The van der Waals surface area contributed by atoms with Crippen LogP contribution in [0.5, 0.6) is 23.0 Å². The Hall–Kier alpha value is -3.82. The third kappa shape index (κ3) is 4.69. The summed E-state index contributed by atoms with van der Waals surface area (Å²) >= 11 is 0. The van der Waals surface area contributed by atoms with E-state index in [0.29, 0.717) is 0 Å². The minimum atomic E-state index is -3.91. The van der Waals surface area contributed by atoms with Crippen LogP contribution in [0.1, 0.15) is 0 Å². The van der Waals surface area contributed by atoms with Gasteiger partial charge in [-0.15, -0.1) is 0 Å². The minimum Gasteiger partial charge on any atom is -0.508 e. The van der Waals surface area contributed by atoms with Gasteiger partial charge in [0, 0.05) is 0 Å². The molecule has 0 aliphatic heterocycles. The third-order valence-corrected chi connectivity index (χ3v) is 8.22. The molecule has 0 atom stereocenters. The number of phenolic OH excluding ortho intramolecular Hbond substituents is 2. The number of sulfone groups is 2. The summed E-state index contributed by atoms with van der Waals surface area (Å²) < 4.78 is 57.3. The van der Waals surface area contributed by atoms with Crippen LogP contribution in [0.15, 0.2) is 117 Å². The maximum absolute atomic E-state index is 12.9. The van der Waals surface area contributed by atoms with E-state index < -0.39 is 19.7 Å². The number of hydrogen-bond donors (Lipinski definition) is 2. The van der Waals surface area contributed by atoms with Crippen LogP contribution in [0.3, 0.4) is 0 Å². The molecule has 0 aliphatic rings. The number of hydrogen-bond acceptors (Lipinski definition) is 7. The zero-order valence-electron chi connectivity index (χ0n) is 17.0. The Morgan fingerprint density at radius 1 is 0.485 bits per heavy atom. The standard InChI is InChI=1S/C24H18O7S2/c25-17-5-1-9-21(13-17)32(27,28)23-11-3-7-19(15-23)31-20-8-4-12-24(16-20)33(29,30)22-10-2-6-18(26)14-22/h1-16,25-26H. The number of phenols is 2. The normalized spacial score (nSPS) is 11.8. The van der Waals surface area contributed by atoms with Crippen LogP contribution < -0.4 is 4.74 Å². The van der Waals surface area contributed by atoms with Gasteiger partial charge in [0.1, 0.15) is 23.0 Å². The summed E-state index contributed by atoms with van der Waals surface area (Å²) in [5.74, 6) is 0.0211. The molecule has 0 saturated carbocycles. The van der Waals surface area contributed by atoms with E-state index in [9.17, 15) is 27.0 Å². The highest BCUT2D eigenvalue weighted by atomic mass is 32.2. The van der Waals surface area contributed by atoms with E-state index in [4.69, 9.17) is 4.74 Å². The third-order valence-electron chi connectivity index (χ3n) is 4.72. The van der Waals surface area contributed by atoms with E-state index in [2.05, 4.69) is 0 Å². The van der Waals surface area contributed by atoms with Gasteiger partial charge >= 0.3 is 0 Å². The van der Waals surface area contributed by atoms with Gasteiger partial charge in [0.25, 0.3) is 0 Å². The van der Waals surface area contributed by atoms with Crippen molar-refractivity contribution in [2.45, 2.75) is 19.6 Å². The first kappa shape index (κ1) is 22.4. The summed E-state index contributed by atoms with van der Waals surface area (Å²) in [4.78, 5) is -0.235. The van der Waals surface area contributed by atoms with Gasteiger partial charge in [-0.25, -0.2) is 16.8 Å². The van der Waals surface area contributed by atoms with Crippen molar-refractivity contribution in [1.82, 2.24) is 0 Å². The van der Waals surface area contributed by atoms with Crippen LogP contribution in [-0.2, 0) is 19.7 Å².